The maximum absolute atomic E-state index is 5.56. The summed E-state index contributed by atoms with van der Waals surface area (Å²) in [5.41, 5.74) is 1.17. The van der Waals surface area contributed by atoms with Gasteiger partial charge in [-0.3, -0.25) is 4.99 Å². The Morgan fingerprint density at radius 1 is 1.35 bits per heavy atom. The first-order chi connectivity index (χ1) is 12.6. The lowest BCUT2D eigenvalue weighted by molar-refractivity contribution is 0.157. The van der Waals surface area contributed by atoms with E-state index < -0.39 is 0 Å². The standard InChI is InChI=1S/C20H34N4O2/c1-6-21-20(24-12-11-16(14-24)15-25-4)22-13-18(23(2)3)17-9-7-8-10-19(17)26-5/h7-10,16,18H,6,11-15H2,1-5H3,(H,21,22). The zero-order valence-corrected chi connectivity index (χ0v) is 16.9. The number of guanidine groups is 1. The van der Waals surface area contributed by atoms with Crippen LogP contribution in [0, 0.1) is 5.92 Å². The highest BCUT2D eigenvalue weighted by molar-refractivity contribution is 5.80. The van der Waals surface area contributed by atoms with Gasteiger partial charge in [-0.2, -0.15) is 0 Å². The van der Waals surface area contributed by atoms with E-state index in [4.69, 9.17) is 14.5 Å². The molecule has 146 valence electrons. The predicted molar refractivity (Wildman–Crippen MR) is 107 cm³/mol. The molecular formula is C20H34N4O2. The fourth-order valence-corrected chi connectivity index (χ4v) is 3.48. The third-order valence-electron chi connectivity index (χ3n) is 4.86. The van der Waals surface area contributed by atoms with Crippen LogP contribution < -0.4 is 10.1 Å². The van der Waals surface area contributed by atoms with Crippen LogP contribution in [0.1, 0.15) is 24.9 Å². The van der Waals surface area contributed by atoms with Gasteiger partial charge >= 0.3 is 0 Å². The highest BCUT2D eigenvalue weighted by Crippen LogP contribution is 2.28. The molecule has 1 saturated heterocycles. The number of para-hydroxylation sites is 1. The lowest BCUT2D eigenvalue weighted by Gasteiger charge is -2.27. The van der Waals surface area contributed by atoms with Gasteiger partial charge in [0.05, 0.1) is 26.3 Å². The van der Waals surface area contributed by atoms with Gasteiger partial charge in [0.1, 0.15) is 5.75 Å². The topological polar surface area (TPSA) is 49.3 Å². The highest BCUT2D eigenvalue weighted by atomic mass is 16.5. The minimum absolute atomic E-state index is 0.164. The fraction of sp³-hybridized carbons (Fsp3) is 0.650. The van der Waals surface area contributed by atoms with E-state index in [-0.39, 0.29) is 6.04 Å². The molecular weight excluding hydrogens is 328 g/mol. The first kappa shape index (κ1) is 20.5. The maximum atomic E-state index is 5.56. The van der Waals surface area contributed by atoms with Crippen molar-refractivity contribution >= 4 is 5.96 Å². The smallest absolute Gasteiger partial charge is 0.193 e. The van der Waals surface area contributed by atoms with E-state index in [1.165, 1.54) is 5.56 Å². The van der Waals surface area contributed by atoms with Crippen molar-refractivity contribution in [3.05, 3.63) is 29.8 Å². The van der Waals surface area contributed by atoms with Crippen LogP contribution in [0.3, 0.4) is 0 Å². The van der Waals surface area contributed by atoms with E-state index in [2.05, 4.69) is 48.3 Å². The zero-order valence-electron chi connectivity index (χ0n) is 16.9. The molecule has 1 aromatic carbocycles. The van der Waals surface area contributed by atoms with Crippen LogP contribution in [-0.4, -0.2) is 76.9 Å². The third-order valence-corrected chi connectivity index (χ3v) is 4.86. The first-order valence-electron chi connectivity index (χ1n) is 9.42. The summed E-state index contributed by atoms with van der Waals surface area (Å²) in [5, 5.41) is 3.45. The molecule has 26 heavy (non-hydrogen) atoms. The van der Waals surface area contributed by atoms with Crippen molar-refractivity contribution in [1.29, 1.82) is 0 Å². The Bertz CT molecular complexity index is 577. The molecule has 2 atom stereocenters. The molecule has 6 nitrogen and oxygen atoms in total. The van der Waals surface area contributed by atoms with E-state index >= 15 is 0 Å². The number of likely N-dealkylation sites (tertiary alicyclic amines) is 1. The summed E-state index contributed by atoms with van der Waals surface area (Å²) >= 11 is 0. The van der Waals surface area contributed by atoms with Gasteiger partial charge in [0.15, 0.2) is 5.96 Å². The Labute approximate surface area is 158 Å². The van der Waals surface area contributed by atoms with E-state index in [9.17, 15) is 0 Å². The van der Waals surface area contributed by atoms with E-state index in [0.717, 1.165) is 44.4 Å². The molecule has 1 aliphatic rings. The van der Waals surface area contributed by atoms with Crippen molar-refractivity contribution in [1.82, 2.24) is 15.1 Å². The Balaban J connectivity index is 2.15. The summed E-state index contributed by atoms with van der Waals surface area (Å²) in [7, 11) is 7.67. The van der Waals surface area contributed by atoms with Crippen molar-refractivity contribution in [2.45, 2.75) is 19.4 Å². The molecule has 1 heterocycles. The van der Waals surface area contributed by atoms with Crippen LogP contribution in [0.15, 0.2) is 29.3 Å². The Kier molecular flexibility index (Phi) is 8.19. The zero-order chi connectivity index (χ0) is 18.9. The van der Waals surface area contributed by atoms with E-state index in [0.29, 0.717) is 12.5 Å². The molecule has 0 aliphatic carbocycles. The molecule has 1 N–H and O–H groups in total. The number of hydrogen-bond donors (Lipinski definition) is 1. The van der Waals surface area contributed by atoms with Crippen LogP contribution >= 0.6 is 0 Å². The number of benzene rings is 1. The summed E-state index contributed by atoms with van der Waals surface area (Å²) < 4.78 is 10.9. The largest absolute Gasteiger partial charge is 0.496 e. The maximum Gasteiger partial charge on any atom is 0.193 e. The number of rotatable bonds is 8. The lowest BCUT2D eigenvalue weighted by atomic mass is 10.0. The summed E-state index contributed by atoms with van der Waals surface area (Å²) in [4.78, 5) is 9.50. The third kappa shape index (κ3) is 5.35. The number of nitrogens with one attached hydrogen (secondary N) is 1. The first-order valence-corrected chi connectivity index (χ1v) is 9.42. The molecule has 2 unspecified atom stereocenters. The quantitative estimate of drug-likeness (QED) is 0.568. The molecule has 0 aromatic heterocycles. The Morgan fingerprint density at radius 3 is 2.77 bits per heavy atom. The minimum atomic E-state index is 0.164. The summed E-state index contributed by atoms with van der Waals surface area (Å²) in [5.74, 6) is 2.49. The molecule has 6 heteroatoms. The van der Waals surface area contributed by atoms with E-state index in [1.807, 2.05) is 12.1 Å². The number of likely N-dealkylation sites (N-methyl/N-ethyl adjacent to an activating group) is 1. The van der Waals surface area contributed by atoms with Gasteiger partial charge in [0, 0.05) is 38.2 Å². The molecule has 2 rings (SSSR count). The van der Waals surface area contributed by atoms with Gasteiger partial charge < -0.3 is 24.6 Å². The molecule has 1 aliphatic heterocycles. The predicted octanol–water partition coefficient (Wildman–Crippen LogP) is 2.23. The average Bonchev–Trinajstić information content (AvgIpc) is 3.10. The van der Waals surface area contributed by atoms with Crippen molar-refractivity contribution in [2.75, 3.05) is 61.1 Å². The van der Waals surface area contributed by atoms with Crippen molar-refractivity contribution < 1.29 is 9.47 Å². The summed E-state index contributed by atoms with van der Waals surface area (Å²) in [6.45, 7) is 6.51. The van der Waals surface area contributed by atoms with Crippen LogP contribution in [0.5, 0.6) is 5.75 Å². The molecule has 0 spiro atoms. The second-order valence-electron chi connectivity index (χ2n) is 6.97. The molecule has 0 saturated carbocycles. The van der Waals surface area contributed by atoms with Crippen LogP contribution in [0.25, 0.3) is 0 Å². The summed E-state index contributed by atoms with van der Waals surface area (Å²) in [6, 6.07) is 8.35. The number of ether oxygens (including phenoxy) is 2. The molecule has 0 bridgehead atoms. The van der Waals surface area contributed by atoms with Gasteiger partial charge in [0.2, 0.25) is 0 Å². The van der Waals surface area contributed by atoms with Crippen LogP contribution in [-0.2, 0) is 4.74 Å². The molecule has 1 aromatic rings. The lowest BCUT2D eigenvalue weighted by Crippen LogP contribution is -2.41. The number of nitrogens with zero attached hydrogens (tertiary/aromatic N) is 3. The second kappa shape index (κ2) is 10.4. The molecule has 0 radical (unpaired) electrons. The fourth-order valence-electron chi connectivity index (χ4n) is 3.48. The van der Waals surface area contributed by atoms with Gasteiger partial charge in [-0.25, -0.2) is 0 Å². The monoisotopic (exact) mass is 362 g/mol. The second-order valence-corrected chi connectivity index (χ2v) is 6.97. The minimum Gasteiger partial charge on any atom is -0.496 e. The Morgan fingerprint density at radius 2 is 2.12 bits per heavy atom. The molecule has 0 amide bonds. The summed E-state index contributed by atoms with van der Waals surface area (Å²) in [6.07, 6.45) is 1.15. The van der Waals surface area contributed by atoms with Crippen molar-refractivity contribution in [3.8, 4) is 5.75 Å². The average molecular weight is 363 g/mol. The van der Waals surface area contributed by atoms with Crippen molar-refractivity contribution in [2.24, 2.45) is 10.9 Å². The van der Waals surface area contributed by atoms with Crippen LogP contribution in [0.4, 0.5) is 0 Å². The van der Waals surface area contributed by atoms with Crippen LogP contribution in [0.2, 0.25) is 0 Å². The van der Waals surface area contributed by atoms with Gasteiger partial charge in [-0.1, -0.05) is 18.2 Å². The number of aliphatic imine (C=N–C) groups is 1. The SMILES string of the molecule is CCNC(=NCC(c1ccccc1OC)N(C)C)N1CCC(COC)C1. The van der Waals surface area contributed by atoms with Crippen molar-refractivity contribution in [3.63, 3.8) is 0 Å². The number of hydrogen-bond acceptors (Lipinski definition) is 4. The molecule has 1 fully saturated rings. The van der Waals surface area contributed by atoms with E-state index in [1.54, 1.807) is 14.2 Å². The van der Waals surface area contributed by atoms with Gasteiger partial charge in [-0.15, -0.1) is 0 Å². The Hall–Kier alpha value is -1.79. The normalized spacial score (nSPS) is 19.1. The number of methoxy groups -OCH3 is 2. The van der Waals surface area contributed by atoms with Gasteiger partial charge in [-0.05, 0) is 33.5 Å². The van der Waals surface area contributed by atoms with Gasteiger partial charge in [0.25, 0.3) is 0 Å². The highest BCUT2D eigenvalue weighted by Gasteiger charge is 2.25.